The van der Waals surface area contributed by atoms with Crippen molar-refractivity contribution in [1.82, 2.24) is 5.32 Å². The fraction of sp³-hybridized carbons (Fsp3) is 0. The molecule has 1 amide bonds. The number of carbonyl (C=O) groups excluding carboxylic acids is 1. The summed E-state index contributed by atoms with van der Waals surface area (Å²) >= 11 is 8.28. The van der Waals surface area contributed by atoms with Crippen molar-refractivity contribution >= 4 is 56.2 Å². The van der Waals surface area contributed by atoms with Gasteiger partial charge in [-0.2, -0.15) is 0 Å². The number of hydrogen-bond donors (Lipinski definition) is 2. The summed E-state index contributed by atoms with van der Waals surface area (Å²) in [7, 11) is 0. The standard InChI is InChI=1S/C14H9BrN4O5S/c15-9-2-1-3-10(6-9)16-14(25)17-13(20)8-4-11(18(21)22)7-12(5-8)19(23)24/h1-7H,(H2,16,17,20,25). The fourth-order valence-corrected chi connectivity index (χ4v) is 2.45. The van der Waals surface area contributed by atoms with Gasteiger partial charge in [-0.1, -0.05) is 22.0 Å². The van der Waals surface area contributed by atoms with Crippen molar-refractivity contribution in [2.75, 3.05) is 5.32 Å². The SMILES string of the molecule is O=C(NC(=S)Nc1cccc(Br)c1)c1cc([N+](=O)[O-])cc([N+](=O)[O-])c1. The molecule has 0 radical (unpaired) electrons. The lowest BCUT2D eigenvalue weighted by atomic mass is 10.1. The number of carbonyl (C=O) groups is 1. The summed E-state index contributed by atoms with van der Waals surface area (Å²) < 4.78 is 0.793. The molecule has 0 bridgehead atoms. The van der Waals surface area contributed by atoms with Crippen LogP contribution in [0.1, 0.15) is 10.4 Å². The third-order valence-electron chi connectivity index (χ3n) is 2.90. The molecule has 2 N–H and O–H groups in total. The summed E-state index contributed by atoms with van der Waals surface area (Å²) in [5, 5.41) is 26.7. The van der Waals surface area contributed by atoms with Gasteiger partial charge in [0, 0.05) is 22.3 Å². The highest BCUT2D eigenvalue weighted by molar-refractivity contribution is 9.10. The van der Waals surface area contributed by atoms with E-state index in [9.17, 15) is 25.0 Å². The smallest absolute Gasteiger partial charge is 0.277 e. The summed E-state index contributed by atoms with van der Waals surface area (Å²) in [6.45, 7) is 0. The predicted octanol–water partition coefficient (Wildman–Crippen LogP) is 3.39. The number of nitro benzene ring substituents is 2. The summed E-state index contributed by atoms with van der Waals surface area (Å²) in [4.78, 5) is 32.2. The second kappa shape index (κ2) is 7.77. The lowest BCUT2D eigenvalue weighted by molar-refractivity contribution is -0.394. The largest absolute Gasteiger partial charge is 0.332 e. The normalized spacial score (nSPS) is 9.96. The van der Waals surface area contributed by atoms with Gasteiger partial charge in [0.05, 0.1) is 21.5 Å². The Morgan fingerprint density at radius 1 is 1.04 bits per heavy atom. The van der Waals surface area contributed by atoms with Crippen LogP contribution in [0, 0.1) is 20.2 Å². The van der Waals surface area contributed by atoms with Crippen molar-refractivity contribution in [3.8, 4) is 0 Å². The number of thiocarbonyl (C=S) groups is 1. The molecule has 0 atom stereocenters. The van der Waals surface area contributed by atoms with Crippen LogP contribution in [0.2, 0.25) is 0 Å². The van der Waals surface area contributed by atoms with Gasteiger partial charge in [-0.05, 0) is 30.4 Å². The van der Waals surface area contributed by atoms with E-state index >= 15 is 0 Å². The van der Waals surface area contributed by atoms with Gasteiger partial charge in [0.15, 0.2) is 5.11 Å². The van der Waals surface area contributed by atoms with E-state index in [4.69, 9.17) is 12.2 Å². The molecule has 0 aliphatic heterocycles. The van der Waals surface area contributed by atoms with Gasteiger partial charge in [0.1, 0.15) is 0 Å². The Morgan fingerprint density at radius 3 is 2.16 bits per heavy atom. The van der Waals surface area contributed by atoms with Crippen molar-refractivity contribution in [1.29, 1.82) is 0 Å². The highest BCUT2D eigenvalue weighted by Gasteiger charge is 2.20. The minimum absolute atomic E-state index is 0.0581. The van der Waals surface area contributed by atoms with Gasteiger partial charge in [0.25, 0.3) is 17.3 Å². The average Bonchev–Trinajstić information content (AvgIpc) is 2.54. The molecule has 0 fully saturated rings. The summed E-state index contributed by atoms with van der Waals surface area (Å²) in [6.07, 6.45) is 0. The lowest BCUT2D eigenvalue weighted by Crippen LogP contribution is -2.34. The minimum Gasteiger partial charge on any atom is -0.332 e. The third kappa shape index (κ3) is 5.02. The van der Waals surface area contributed by atoms with Crippen molar-refractivity contribution in [2.45, 2.75) is 0 Å². The molecule has 0 aliphatic rings. The number of benzene rings is 2. The minimum atomic E-state index is -0.818. The van der Waals surface area contributed by atoms with Gasteiger partial charge >= 0.3 is 0 Å². The van der Waals surface area contributed by atoms with E-state index in [2.05, 4.69) is 26.6 Å². The van der Waals surface area contributed by atoms with Crippen LogP contribution in [0.25, 0.3) is 0 Å². The first-order valence-electron chi connectivity index (χ1n) is 6.58. The Balaban J connectivity index is 2.18. The molecule has 2 aromatic carbocycles. The number of hydrogen-bond acceptors (Lipinski definition) is 6. The highest BCUT2D eigenvalue weighted by Crippen LogP contribution is 2.22. The van der Waals surface area contributed by atoms with Crippen LogP contribution in [-0.2, 0) is 0 Å². The quantitative estimate of drug-likeness (QED) is 0.437. The molecule has 0 spiro atoms. The lowest BCUT2D eigenvalue weighted by Gasteiger charge is -2.09. The van der Waals surface area contributed by atoms with Gasteiger partial charge < -0.3 is 5.32 Å². The molecule has 25 heavy (non-hydrogen) atoms. The number of anilines is 1. The Kier molecular flexibility index (Phi) is 5.72. The molecule has 2 rings (SSSR count). The molecule has 9 nitrogen and oxygen atoms in total. The Labute approximate surface area is 154 Å². The number of rotatable bonds is 4. The van der Waals surface area contributed by atoms with Crippen LogP contribution in [0.15, 0.2) is 46.9 Å². The maximum atomic E-state index is 12.2. The van der Waals surface area contributed by atoms with Gasteiger partial charge in [-0.15, -0.1) is 0 Å². The molecule has 0 unspecified atom stereocenters. The Hall–Kier alpha value is -2.92. The number of non-ortho nitro benzene ring substituents is 2. The van der Waals surface area contributed by atoms with Gasteiger partial charge in [-0.25, -0.2) is 0 Å². The first-order valence-corrected chi connectivity index (χ1v) is 7.78. The zero-order chi connectivity index (χ0) is 18.6. The van der Waals surface area contributed by atoms with Crippen LogP contribution < -0.4 is 10.6 Å². The fourth-order valence-electron chi connectivity index (χ4n) is 1.84. The zero-order valence-electron chi connectivity index (χ0n) is 12.3. The number of halogens is 1. The molecule has 0 saturated carbocycles. The molecule has 0 saturated heterocycles. The van der Waals surface area contributed by atoms with E-state index in [1.54, 1.807) is 24.3 Å². The molecule has 0 heterocycles. The van der Waals surface area contributed by atoms with Crippen molar-refractivity contribution in [2.24, 2.45) is 0 Å². The monoisotopic (exact) mass is 424 g/mol. The number of amides is 1. The maximum Gasteiger partial charge on any atom is 0.277 e. The van der Waals surface area contributed by atoms with Crippen LogP contribution >= 0.6 is 28.1 Å². The van der Waals surface area contributed by atoms with Crippen LogP contribution in [-0.4, -0.2) is 20.9 Å². The molecular formula is C14H9BrN4O5S. The molecule has 128 valence electrons. The van der Waals surface area contributed by atoms with Gasteiger partial charge in [-0.3, -0.25) is 30.3 Å². The molecular weight excluding hydrogens is 416 g/mol. The Morgan fingerprint density at radius 2 is 1.64 bits per heavy atom. The van der Waals surface area contributed by atoms with Crippen LogP contribution in [0.5, 0.6) is 0 Å². The van der Waals surface area contributed by atoms with Crippen molar-refractivity contribution < 1.29 is 14.6 Å². The summed E-state index contributed by atoms with van der Waals surface area (Å²) in [5.41, 5.74) is -0.778. The number of nitro groups is 2. The summed E-state index contributed by atoms with van der Waals surface area (Å²) in [6, 6.07) is 9.62. The van der Waals surface area contributed by atoms with E-state index in [0.717, 1.165) is 22.7 Å². The van der Waals surface area contributed by atoms with E-state index in [0.29, 0.717) is 5.69 Å². The van der Waals surface area contributed by atoms with Crippen LogP contribution in [0.3, 0.4) is 0 Å². The molecule has 2 aromatic rings. The molecule has 0 aliphatic carbocycles. The second-order valence-electron chi connectivity index (χ2n) is 4.67. The first kappa shape index (κ1) is 18.4. The second-order valence-corrected chi connectivity index (χ2v) is 5.99. The van der Waals surface area contributed by atoms with Crippen LogP contribution in [0.4, 0.5) is 17.1 Å². The number of nitrogens with one attached hydrogen (secondary N) is 2. The maximum absolute atomic E-state index is 12.2. The third-order valence-corrected chi connectivity index (χ3v) is 3.59. The predicted molar refractivity (Wildman–Crippen MR) is 97.6 cm³/mol. The topological polar surface area (TPSA) is 127 Å². The van der Waals surface area contributed by atoms with Gasteiger partial charge in [0.2, 0.25) is 0 Å². The molecule has 11 heteroatoms. The van der Waals surface area contributed by atoms with E-state index < -0.39 is 27.1 Å². The Bertz CT molecular complexity index is 857. The highest BCUT2D eigenvalue weighted by atomic mass is 79.9. The number of nitrogens with zero attached hydrogens (tertiary/aromatic N) is 2. The van der Waals surface area contributed by atoms with Crippen molar-refractivity contribution in [3.05, 3.63) is 72.7 Å². The van der Waals surface area contributed by atoms with E-state index in [1.807, 2.05) is 0 Å². The van der Waals surface area contributed by atoms with E-state index in [1.165, 1.54) is 0 Å². The zero-order valence-corrected chi connectivity index (χ0v) is 14.7. The molecule has 0 aromatic heterocycles. The average molecular weight is 425 g/mol. The van der Waals surface area contributed by atoms with E-state index in [-0.39, 0.29) is 10.7 Å². The van der Waals surface area contributed by atoms with Crippen molar-refractivity contribution in [3.63, 3.8) is 0 Å². The summed E-state index contributed by atoms with van der Waals surface area (Å²) in [5.74, 6) is -0.806. The first-order chi connectivity index (χ1) is 11.8.